The first-order valence-electron chi connectivity index (χ1n) is 8.75. The Morgan fingerprint density at radius 1 is 1.29 bits per heavy atom. The van der Waals surface area contributed by atoms with E-state index in [2.05, 4.69) is 55.3 Å². The van der Waals surface area contributed by atoms with Crippen LogP contribution in [-0.2, 0) is 0 Å². The van der Waals surface area contributed by atoms with Gasteiger partial charge in [-0.2, -0.15) is 0 Å². The van der Waals surface area contributed by atoms with Crippen LogP contribution in [0, 0.1) is 12.8 Å². The van der Waals surface area contributed by atoms with E-state index in [4.69, 9.17) is 0 Å². The highest BCUT2D eigenvalue weighted by atomic mass is 15.1. The van der Waals surface area contributed by atoms with Crippen molar-refractivity contribution in [3.63, 3.8) is 0 Å². The topological polar surface area (TPSA) is 15.3 Å². The van der Waals surface area contributed by atoms with Crippen molar-refractivity contribution in [2.45, 2.75) is 52.5 Å². The lowest BCUT2D eigenvalue weighted by atomic mass is 9.85. The fourth-order valence-electron chi connectivity index (χ4n) is 3.25. The summed E-state index contributed by atoms with van der Waals surface area (Å²) in [5, 5.41) is 3.66. The Balaban J connectivity index is 1.89. The summed E-state index contributed by atoms with van der Waals surface area (Å²) in [4.78, 5) is 2.64. The molecule has 1 unspecified atom stereocenters. The molecule has 118 valence electrons. The molecule has 0 heterocycles. The molecule has 0 radical (unpaired) electrons. The molecule has 2 rings (SSSR count). The lowest BCUT2D eigenvalue weighted by molar-refractivity contribution is 0.177. The molecule has 1 aliphatic carbocycles. The highest BCUT2D eigenvalue weighted by molar-refractivity contribution is 5.25. The summed E-state index contributed by atoms with van der Waals surface area (Å²) >= 11 is 0. The number of nitrogens with one attached hydrogen (secondary N) is 1. The van der Waals surface area contributed by atoms with Crippen LogP contribution in [0.2, 0.25) is 0 Å². The van der Waals surface area contributed by atoms with Gasteiger partial charge in [0.15, 0.2) is 0 Å². The lowest BCUT2D eigenvalue weighted by Crippen LogP contribution is -2.35. The van der Waals surface area contributed by atoms with Crippen LogP contribution in [0.5, 0.6) is 0 Å². The molecule has 1 aromatic carbocycles. The van der Waals surface area contributed by atoms with Crippen LogP contribution in [0.1, 0.15) is 56.7 Å². The molecule has 0 amide bonds. The van der Waals surface area contributed by atoms with Crippen molar-refractivity contribution >= 4 is 0 Å². The smallest absolute Gasteiger partial charge is 0.0332 e. The van der Waals surface area contributed by atoms with Crippen molar-refractivity contribution in [1.29, 1.82) is 0 Å². The van der Waals surface area contributed by atoms with E-state index in [0.29, 0.717) is 6.04 Å². The largest absolute Gasteiger partial charge is 0.310 e. The molecule has 1 saturated carbocycles. The molecule has 2 heteroatoms. The van der Waals surface area contributed by atoms with Gasteiger partial charge >= 0.3 is 0 Å². The Morgan fingerprint density at radius 3 is 2.67 bits per heavy atom. The average Bonchev–Trinajstić information content (AvgIpc) is 2.44. The molecule has 2 nitrogen and oxygen atoms in total. The first-order valence-corrected chi connectivity index (χ1v) is 8.75. The molecule has 1 N–H and O–H groups in total. The Morgan fingerprint density at radius 2 is 2.10 bits per heavy atom. The van der Waals surface area contributed by atoms with Crippen LogP contribution >= 0.6 is 0 Å². The molecule has 1 fully saturated rings. The number of hydrogen-bond acceptors (Lipinski definition) is 2. The summed E-state index contributed by atoms with van der Waals surface area (Å²) in [6.07, 6.45) is 5.55. The molecule has 0 bridgehead atoms. The monoisotopic (exact) mass is 288 g/mol. The van der Waals surface area contributed by atoms with Crippen molar-refractivity contribution < 1.29 is 0 Å². The number of benzene rings is 1. The summed E-state index contributed by atoms with van der Waals surface area (Å²) in [6.45, 7) is 11.4. The number of hydrogen-bond donors (Lipinski definition) is 1. The molecule has 0 aliphatic heterocycles. The normalized spacial score (nSPS) is 17.0. The van der Waals surface area contributed by atoms with E-state index in [1.54, 1.807) is 0 Å². The van der Waals surface area contributed by atoms with Crippen molar-refractivity contribution in [2.24, 2.45) is 5.92 Å². The van der Waals surface area contributed by atoms with E-state index in [-0.39, 0.29) is 0 Å². The molecule has 1 aliphatic rings. The first kappa shape index (κ1) is 16.5. The van der Waals surface area contributed by atoms with Gasteiger partial charge in [0.25, 0.3) is 0 Å². The molecule has 21 heavy (non-hydrogen) atoms. The van der Waals surface area contributed by atoms with Crippen molar-refractivity contribution in [3.05, 3.63) is 35.4 Å². The second-order valence-corrected chi connectivity index (χ2v) is 6.50. The Kier molecular flexibility index (Phi) is 6.72. The summed E-state index contributed by atoms with van der Waals surface area (Å²) in [7, 11) is 0. The van der Waals surface area contributed by atoms with Gasteiger partial charge in [0.1, 0.15) is 0 Å². The average molecular weight is 288 g/mol. The molecule has 1 atom stereocenters. The number of nitrogens with zero attached hydrogens (tertiary/aromatic N) is 1. The second kappa shape index (κ2) is 8.55. The molecule has 0 aromatic heterocycles. The van der Waals surface area contributed by atoms with Gasteiger partial charge < -0.3 is 10.2 Å². The Hall–Kier alpha value is -0.860. The van der Waals surface area contributed by atoms with Crippen LogP contribution in [0.25, 0.3) is 0 Å². The molecule has 0 spiro atoms. The van der Waals surface area contributed by atoms with Crippen LogP contribution in [0.3, 0.4) is 0 Å². The Labute approximate surface area is 130 Å². The van der Waals surface area contributed by atoms with E-state index < -0.39 is 0 Å². The fraction of sp³-hybridized carbons (Fsp3) is 0.684. The minimum atomic E-state index is 0.491. The molecule has 0 saturated heterocycles. The third-order valence-corrected chi connectivity index (χ3v) is 4.82. The predicted octanol–water partition coefficient (Wildman–Crippen LogP) is 4.16. The Bertz CT molecular complexity index is 412. The standard InChI is InChI=1S/C19H32N2/c1-4-20-19(18-11-6-8-16(3)14-18)12-13-21(5-2)15-17-9-7-10-17/h6,8,11,14,17,19-20H,4-5,7,9-10,12-13,15H2,1-3H3. The van der Waals surface area contributed by atoms with Crippen molar-refractivity contribution in [3.8, 4) is 0 Å². The maximum Gasteiger partial charge on any atom is 0.0332 e. The zero-order valence-corrected chi connectivity index (χ0v) is 14.1. The van der Waals surface area contributed by atoms with Crippen molar-refractivity contribution in [1.82, 2.24) is 10.2 Å². The summed E-state index contributed by atoms with van der Waals surface area (Å²) in [5.41, 5.74) is 2.80. The van der Waals surface area contributed by atoms with E-state index in [9.17, 15) is 0 Å². The van der Waals surface area contributed by atoms with Gasteiger partial charge in [-0.25, -0.2) is 0 Å². The number of aryl methyl sites for hydroxylation is 1. The van der Waals surface area contributed by atoms with Gasteiger partial charge in [-0.3, -0.25) is 0 Å². The van der Waals surface area contributed by atoms with Gasteiger partial charge in [-0.1, -0.05) is 50.1 Å². The van der Waals surface area contributed by atoms with E-state index in [1.807, 2.05) is 0 Å². The fourth-order valence-corrected chi connectivity index (χ4v) is 3.25. The van der Waals surface area contributed by atoms with E-state index >= 15 is 0 Å². The SMILES string of the molecule is CCNC(CCN(CC)CC1CCC1)c1cccc(C)c1. The third kappa shape index (κ3) is 5.12. The van der Waals surface area contributed by atoms with E-state index in [0.717, 1.165) is 12.5 Å². The van der Waals surface area contributed by atoms with Gasteiger partial charge in [0, 0.05) is 12.6 Å². The highest BCUT2D eigenvalue weighted by Gasteiger charge is 2.20. The minimum Gasteiger partial charge on any atom is -0.310 e. The maximum atomic E-state index is 3.66. The van der Waals surface area contributed by atoms with Crippen LogP contribution < -0.4 is 5.32 Å². The summed E-state index contributed by atoms with van der Waals surface area (Å²) in [6, 6.07) is 9.45. The summed E-state index contributed by atoms with van der Waals surface area (Å²) in [5.74, 6) is 0.974. The molecular weight excluding hydrogens is 256 g/mol. The zero-order chi connectivity index (χ0) is 15.1. The van der Waals surface area contributed by atoms with Gasteiger partial charge in [-0.05, 0) is 57.3 Å². The second-order valence-electron chi connectivity index (χ2n) is 6.50. The van der Waals surface area contributed by atoms with Gasteiger partial charge in [0.2, 0.25) is 0 Å². The quantitative estimate of drug-likeness (QED) is 0.734. The lowest BCUT2D eigenvalue weighted by Gasteiger charge is -2.32. The zero-order valence-electron chi connectivity index (χ0n) is 14.1. The first-order chi connectivity index (χ1) is 10.2. The molecular formula is C19H32N2. The molecule has 1 aromatic rings. The van der Waals surface area contributed by atoms with E-state index in [1.165, 1.54) is 56.4 Å². The maximum absolute atomic E-state index is 3.66. The summed E-state index contributed by atoms with van der Waals surface area (Å²) < 4.78 is 0. The van der Waals surface area contributed by atoms with Gasteiger partial charge in [-0.15, -0.1) is 0 Å². The van der Waals surface area contributed by atoms with Crippen LogP contribution in [-0.4, -0.2) is 31.1 Å². The van der Waals surface area contributed by atoms with Crippen LogP contribution in [0.4, 0.5) is 0 Å². The highest BCUT2D eigenvalue weighted by Crippen LogP contribution is 2.27. The van der Waals surface area contributed by atoms with Crippen molar-refractivity contribution in [2.75, 3.05) is 26.2 Å². The predicted molar refractivity (Wildman–Crippen MR) is 91.7 cm³/mol. The number of rotatable bonds is 9. The minimum absolute atomic E-state index is 0.491. The van der Waals surface area contributed by atoms with Gasteiger partial charge in [0.05, 0.1) is 0 Å². The van der Waals surface area contributed by atoms with Crippen LogP contribution in [0.15, 0.2) is 24.3 Å². The third-order valence-electron chi connectivity index (χ3n) is 4.82.